The molecule has 0 radical (unpaired) electrons. The van der Waals surface area contributed by atoms with E-state index < -0.39 is 11.6 Å². The third kappa shape index (κ3) is 11.9. The molecule has 2 aromatic carbocycles. The first-order chi connectivity index (χ1) is 23.4. The van der Waals surface area contributed by atoms with Crippen LogP contribution in [-0.2, 0) is 12.3 Å². The number of nitrogens with two attached hydrogens (primary N) is 4. The Morgan fingerprint density at radius 3 is 2.47 bits per heavy atom. The zero-order valence-electron chi connectivity index (χ0n) is 28.5. The summed E-state index contributed by atoms with van der Waals surface area (Å²) in [7, 11) is 1.66. The summed E-state index contributed by atoms with van der Waals surface area (Å²) >= 11 is 0. The lowest BCUT2D eigenvalue weighted by Crippen LogP contribution is -2.26. The van der Waals surface area contributed by atoms with Gasteiger partial charge in [0.05, 0.1) is 12.2 Å². The monoisotopic (exact) mass is 677 g/mol. The van der Waals surface area contributed by atoms with Crippen LogP contribution in [0.1, 0.15) is 73.4 Å². The third-order valence-corrected chi connectivity index (χ3v) is 7.87. The molecule has 1 heterocycles. The number of halogens is 2. The van der Waals surface area contributed by atoms with Gasteiger partial charge in [0.15, 0.2) is 5.96 Å². The number of alkyl halides is 2. The second-order valence-electron chi connectivity index (χ2n) is 12.0. The highest BCUT2D eigenvalue weighted by Gasteiger charge is 2.25. The van der Waals surface area contributed by atoms with E-state index in [1.54, 1.807) is 31.5 Å². The van der Waals surface area contributed by atoms with Crippen LogP contribution in [0, 0.1) is 0 Å². The van der Waals surface area contributed by atoms with Crippen LogP contribution < -0.4 is 39.4 Å². The van der Waals surface area contributed by atoms with Crippen molar-refractivity contribution in [2.24, 2.45) is 38.4 Å². The van der Waals surface area contributed by atoms with E-state index in [1.807, 2.05) is 37.3 Å². The van der Waals surface area contributed by atoms with Gasteiger partial charge in [-0.1, -0.05) is 36.1 Å². The second-order valence-corrected chi connectivity index (χ2v) is 12.0. The Kier molecular flexibility index (Phi) is 14.6. The van der Waals surface area contributed by atoms with E-state index in [9.17, 15) is 13.6 Å². The molecule has 3 rings (SSSR count). The second kappa shape index (κ2) is 18.6. The topological polar surface area (TPSA) is 200 Å². The van der Waals surface area contributed by atoms with Gasteiger partial charge < -0.3 is 33.7 Å². The number of hydrogen-bond donors (Lipinski definition) is 6. The normalized spacial score (nSPS) is 13.3. The lowest BCUT2D eigenvalue weighted by atomic mass is 9.94. The smallest absolute Gasteiger partial charge is 0.354 e. The molecule has 264 valence electrons. The lowest BCUT2D eigenvalue weighted by Gasteiger charge is -2.19. The summed E-state index contributed by atoms with van der Waals surface area (Å²) in [5, 5.41) is 13.7. The molecule has 0 bridgehead atoms. The minimum absolute atomic E-state index is 0.0258. The number of anilines is 1. The maximum absolute atomic E-state index is 14.6. The number of guanidine groups is 1. The van der Waals surface area contributed by atoms with Gasteiger partial charge in [-0.2, -0.15) is 10.1 Å². The minimum Gasteiger partial charge on any atom is -0.372 e. The standard InChI is InChI=1S/C35H49F2N11O/c1-5-25(27-18-24(9-6-8-23(2)38)19-29(21-27)35(3,36)37)20-28-22-48(34(49)46-32(28)42-4)30-12-10-26(11-13-30)31(14-17-45-47-41)43-15-7-16-44-33(39)40/h5,10-13,18-23,31,43H,1,6-9,14-17,38H2,2-4H3,(H2,41,45)(H4,39,40,44)(H,42,46,49)/b25-20+/t23-,31-/m0/s1. The first-order valence-corrected chi connectivity index (χ1v) is 16.3. The largest absolute Gasteiger partial charge is 0.372 e. The van der Waals surface area contributed by atoms with E-state index >= 15 is 0 Å². The van der Waals surface area contributed by atoms with Crippen molar-refractivity contribution in [2.45, 2.75) is 64.0 Å². The van der Waals surface area contributed by atoms with Crippen molar-refractivity contribution in [3.8, 4) is 5.69 Å². The van der Waals surface area contributed by atoms with Crippen molar-refractivity contribution in [3.05, 3.63) is 99.6 Å². The molecule has 0 aliphatic heterocycles. The molecule has 14 heteroatoms. The van der Waals surface area contributed by atoms with Crippen LogP contribution in [0.15, 0.2) is 81.4 Å². The average molecular weight is 678 g/mol. The predicted octanol–water partition coefficient (Wildman–Crippen LogP) is 4.79. The van der Waals surface area contributed by atoms with Gasteiger partial charge in [0.2, 0.25) is 0 Å². The van der Waals surface area contributed by atoms with E-state index in [-0.39, 0.29) is 23.6 Å². The number of benzene rings is 2. The first-order valence-electron chi connectivity index (χ1n) is 16.3. The number of aryl methyl sites for hydroxylation is 1. The van der Waals surface area contributed by atoms with Crippen molar-refractivity contribution in [1.29, 1.82) is 0 Å². The first kappa shape index (κ1) is 38.5. The maximum atomic E-state index is 14.6. The quantitative estimate of drug-likeness (QED) is 0.0198. The SMILES string of the molecule is C=C/C(=C\c1cn(-c2ccc([C@H](CCN=NN)NCCCN=C(N)N)cc2)c(=O)nc1NC)c1cc(CCC[C@H](C)N)cc(C(C)(F)F)c1. The predicted molar refractivity (Wildman–Crippen MR) is 195 cm³/mol. The Morgan fingerprint density at radius 1 is 1.12 bits per heavy atom. The van der Waals surface area contributed by atoms with Crippen LogP contribution in [0.25, 0.3) is 17.3 Å². The zero-order chi connectivity index (χ0) is 36.0. The Hall–Kier alpha value is -4.95. The summed E-state index contributed by atoms with van der Waals surface area (Å²) in [4.78, 5) is 21.5. The Balaban J connectivity index is 1.98. The van der Waals surface area contributed by atoms with Crippen molar-refractivity contribution in [1.82, 2.24) is 14.9 Å². The van der Waals surface area contributed by atoms with Crippen LogP contribution in [0.2, 0.25) is 0 Å². The van der Waals surface area contributed by atoms with Gasteiger partial charge in [-0.3, -0.25) is 9.56 Å². The van der Waals surface area contributed by atoms with Crippen LogP contribution in [0.4, 0.5) is 14.6 Å². The average Bonchev–Trinajstić information content (AvgIpc) is 3.06. The van der Waals surface area contributed by atoms with Crippen molar-refractivity contribution in [2.75, 3.05) is 32.0 Å². The maximum Gasteiger partial charge on any atom is 0.354 e. The number of nitrogens with zero attached hydrogens (tertiary/aromatic N) is 5. The summed E-state index contributed by atoms with van der Waals surface area (Å²) in [6.45, 7) is 8.36. The molecule has 49 heavy (non-hydrogen) atoms. The molecule has 0 saturated heterocycles. The molecular formula is C35H49F2N11O. The van der Waals surface area contributed by atoms with Crippen molar-refractivity contribution < 1.29 is 8.78 Å². The highest BCUT2D eigenvalue weighted by Crippen LogP contribution is 2.32. The van der Waals surface area contributed by atoms with Crippen molar-refractivity contribution >= 4 is 23.4 Å². The number of nitrogens with one attached hydrogen (secondary N) is 2. The number of aliphatic imine (C=N–C) groups is 1. The number of aromatic nitrogens is 2. The summed E-state index contributed by atoms with van der Waals surface area (Å²) in [5.41, 5.74) is 20.3. The lowest BCUT2D eigenvalue weighted by molar-refractivity contribution is 0.0173. The van der Waals surface area contributed by atoms with E-state index in [2.05, 4.69) is 37.5 Å². The molecule has 0 fully saturated rings. The zero-order valence-corrected chi connectivity index (χ0v) is 28.5. The Morgan fingerprint density at radius 2 is 1.86 bits per heavy atom. The Labute approximate surface area is 286 Å². The molecule has 0 spiro atoms. The van der Waals surface area contributed by atoms with Gasteiger partial charge in [-0.25, -0.2) is 13.6 Å². The fourth-order valence-electron chi connectivity index (χ4n) is 5.33. The molecule has 10 N–H and O–H groups in total. The highest BCUT2D eigenvalue weighted by atomic mass is 19.3. The van der Waals surface area contributed by atoms with E-state index in [4.69, 9.17) is 23.0 Å². The minimum atomic E-state index is -3.04. The number of hydrogen-bond acceptors (Lipinski definition) is 8. The van der Waals surface area contributed by atoms with Crippen LogP contribution in [0.5, 0.6) is 0 Å². The van der Waals surface area contributed by atoms with Gasteiger partial charge in [0.1, 0.15) is 5.82 Å². The number of allylic oxidation sites excluding steroid dienone is 2. The van der Waals surface area contributed by atoms with Crippen LogP contribution >= 0.6 is 0 Å². The Bertz CT molecular complexity index is 1670. The van der Waals surface area contributed by atoms with Crippen LogP contribution in [-0.4, -0.2) is 48.2 Å². The molecule has 0 saturated carbocycles. The fourth-order valence-corrected chi connectivity index (χ4v) is 5.33. The molecule has 0 amide bonds. The van der Waals surface area contributed by atoms with Gasteiger partial charge in [0, 0.05) is 49.9 Å². The molecular weight excluding hydrogens is 628 g/mol. The van der Waals surface area contributed by atoms with E-state index in [0.29, 0.717) is 60.7 Å². The summed E-state index contributed by atoms with van der Waals surface area (Å²) in [5.74, 6) is 2.55. The third-order valence-electron chi connectivity index (χ3n) is 7.87. The molecule has 1 aromatic heterocycles. The van der Waals surface area contributed by atoms with Gasteiger partial charge in [-0.15, -0.1) is 0 Å². The van der Waals surface area contributed by atoms with E-state index in [0.717, 1.165) is 37.3 Å². The van der Waals surface area contributed by atoms with Gasteiger partial charge in [0.25, 0.3) is 5.92 Å². The molecule has 2 atom stereocenters. The number of rotatable bonds is 19. The van der Waals surface area contributed by atoms with Gasteiger partial charge in [-0.05, 0) is 98.2 Å². The molecule has 0 aliphatic rings. The van der Waals surface area contributed by atoms with E-state index in [1.165, 1.54) is 10.6 Å². The molecule has 0 aliphatic carbocycles. The summed E-state index contributed by atoms with van der Waals surface area (Å²) < 4.78 is 30.6. The molecule has 12 nitrogen and oxygen atoms in total. The highest BCUT2D eigenvalue weighted by molar-refractivity contribution is 5.89. The van der Waals surface area contributed by atoms with Crippen molar-refractivity contribution in [3.63, 3.8) is 0 Å². The van der Waals surface area contributed by atoms with Crippen LogP contribution in [0.3, 0.4) is 0 Å². The fraction of sp³-hybridized carbons (Fsp3) is 0.400. The van der Waals surface area contributed by atoms with Gasteiger partial charge >= 0.3 is 5.69 Å². The molecule has 0 unspecified atom stereocenters. The summed E-state index contributed by atoms with van der Waals surface area (Å²) in [6.07, 6.45) is 8.59. The molecule has 3 aromatic rings. The summed E-state index contributed by atoms with van der Waals surface area (Å²) in [6, 6.07) is 12.4.